The second-order valence-electron chi connectivity index (χ2n) is 5.00. The number of aromatic nitrogens is 3. The fourth-order valence-electron chi connectivity index (χ4n) is 2.06. The average molecular weight is 469 g/mol. The molecule has 0 saturated carbocycles. The Morgan fingerprint density at radius 3 is 2.64 bits per heavy atom. The van der Waals surface area contributed by atoms with Gasteiger partial charge in [0.1, 0.15) is 5.82 Å². The van der Waals surface area contributed by atoms with Gasteiger partial charge in [0.2, 0.25) is 11.1 Å². The third-order valence-corrected chi connectivity index (χ3v) is 4.90. The number of nitrogens with one attached hydrogen (secondary N) is 1. The van der Waals surface area contributed by atoms with Crippen LogP contribution in [0.15, 0.2) is 53.7 Å². The van der Waals surface area contributed by atoms with Crippen LogP contribution in [0.4, 0.5) is 10.1 Å². The molecule has 0 spiro atoms. The molecular weight excluding hydrogens is 456 g/mol. The molecule has 3 aromatic rings. The molecule has 0 bridgehead atoms. The number of hydrogen-bond donors (Lipinski definition) is 2. The van der Waals surface area contributed by atoms with Gasteiger partial charge >= 0.3 is 0 Å². The zero-order valence-electron chi connectivity index (χ0n) is 12.8. The lowest BCUT2D eigenvalue weighted by molar-refractivity contribution is -0.113. The van der Waals surface area contributed by atoms with E-state index >= 15 is 0 Å². The first-order valence-corrected chi connectivity index (χ1v) is 9.24. The van der Waals surface area contributed by atoms with E-state index in [-0.39, 0.29) is 23.0 Å². The predicted octanol–water partition coefficient (Wildman–Crippen LogP) is 3.13. The van der Waals surface area contributed by atoms with E-state index < -0.39 is 5.82 Å². The Morgan fingerprint density at radius 1 is 1.20 bits per heavy atom. The van der Waals surface area contributed by atoms with Crippen molar-refractivity contribution in [2.24, 2.45) is 0 Å². The summed E-state index contributed by atoms with van der Waals surface area (Å²) in [5.74, 6) is 5.62. The summed E-state index contributed by atoms with van der Waals surface area (Å²) in [6.07, 6.45) is 0. The zero-order valence-corrected chi connectivity index (χ0v) is 15.8. The van der Waals surface area contributed by atoms with Gasteiger partial charge in [-0.05, 0) is 59.0 Å². The Morgan fingerprint density at radius 2 is 1.92 bits per heavy atom. The molecule has 0 unspecified atom stereocenters. The minimum atomic E-state index is -0.436. The van der Waals surface area contributed by atoms with Gasteiger partial charge in [-0.1, -0.05) is 23.9 Å². The van der Waals surface area contributed by atoms with Crippen LogP contribution in [0, 0.1) is 9.39 Å². The van der Waals surface area contributed by atoms with Crippen molar-refractivity contribution in [3.05, 3.63) is 57.9 Å². The summed E-state index contributed by atoms with van der Waals surface area (Å²) in [4.78, 5) is 12.0. The number of nitrogen functional groups attached to an aromatic ring is 1. The first-order valence-electron chi connectivity index (χ1n) is 7.18. The topological polar surface area (TPSA) is 85.8 Å². The molecule has 0 aliphatic rings. The number of benzene rings is 2. The molecule has 0 aliphatic carbocycles. The summed E-state index contributed by atoms with van der Waals surface area (Å²) in [7, 11) is 0. The fourth-order valence-corrected chi connectivity index (χ4v) is 3.08. The van der Waals surface area contributed by atoms with Gasteiger partial charge in [-0.25, -0.2) is 9.07 Å². The van der Waals surface area contributed by atoms with E-state index in [1.807, 2.05) is 24.3 Å². The lowest BCUT2D eigenvalue weighted by atomic mass is 10.2. The number of anilines is 1. The molecule has 0 radical (unpaired) electrons. The molecule has 9 heteroatoms. The second-order valence-corrected chi connectivity index (χ2v) is 7.19. The largest absolute Gasteiger partial charge is 0.335 e. The van der Waals surface area contributed by atoms with Crippen LogP contribution in [-0.4, -0.2) is 26.5 Å². The summed E-state index contributed by atoms with van der Waals surface area (Å²) in [6.45, 7) is 0. The summed E-state index contributed by atoms with van der Waals surface area (Å²) in [6, 6.07) is 13.6. The molecule has 6 nitrogen and oxygen atoms in total. The minimum Gasteiger partial charge on any atom is -0.335 e. The molecule has 3 rings (SSSR count). The minimum absolute atomic E-state index is 0.110. The zero-order chi connectivity index (χ0) is 17.8. The first-order chi connectivity index (χ1) is 12.0. The number of amides is 1. The fraction of sp³-hybridized carbons (Fsp3) is 0.0625. The van der Waals surface area contributed by atoms with Gasteiger partial charge in [0.25, 0.3) is 0 Å². The van der Waals surface area contributed by atoms with Crippen LogP contribution < -0.4 is 11.2 Å². The lowest BCUT2D eigenvalue weighted by Gasteiger charge is -2.06. The first kappa shape index (κ1) is 17.7. The molecule has 0 fully saturated rings. The monoisotopic (exact) mass is 469 g/mol. The predicted molar refractivity (Wildman–Crippen MR) is 104 cm³/mol. The average Bonchev–Trinajstić information content (AvgIpc) is 2.96. The Labute approximate surface area is 161 Å². The van der Waals surface area contributed by atoms with Gasteiger partial charge in [-0.3, -0.25) is 4.79 Å². The summed E-state index contributed by atoms with van der Waals surface area (Å²) < 4.78 is 16.1. The van der Waals surface area contributed by atoms with Crippen molar-refractivity contribution in [3.63, 3.8) is 0 Å². The standard InChI is InChI=1S/C16H13FIN5OS/c17-13-4-2-1-3-12(13)15-21-22-16(23(15)19)25-9-14(24)20-11-7-5-10(18)6-8-11/h1-8H,9,19H2,(H,20,24). The smallest absolute Gasteiger partial charge is 0.234 e. The van der Waals surface area contributed by atoms with Crippen molar-refractivity contribution in [1.82, 2.24) is 14.9 Å². The van der Waals surface area contributed by atoms with E-state index in [1.54, 1.807) is 18.2 Å². The molecule has 0 atom stereocenters. The van der Waals surface area contributed by atoms with E-state index in [9.17, 15) is 9.18 Å². The van der Waals surface area contributed by atoms with E-state index in [0.717, 1.165) is 15.3 Å². The Bertz CT molecular complexity index is 900. The van der Waals surface area contributed by atoms with Crippen LogP contribution in [0.1, 0.15) is 0 Å². The quantitative estimate of drug-likeness (QED) is 0.341. The number of nitrogens with zero attached hydrogens (tertiary/aromatic N) is 3. The molecular formula is C16H13FIN5OS. The molecule has 0 saturated heterocycles. The van der Waals surface area contributed by atoms with Gasteiger partial charge in [-0.15, -0.1) is 10.2 Å². The van der Waals surface area contributed by atoms with Crippen molar-refractivity contribution in [2.45, 2.75) is 5.16 Å². The molecule has 2 aromatic carbocycles. The maximum absolute atomic E-state index is 13.8. The Kier molecular flexibility index (Phi) is 5.53. The van der Waals surface area contributed by atoms with E-state index in [1.165, 1.54) is 10.7 Å². The highest BCUT2D eigenvalue weighted by Gasteiger charge is 2.16. The van der Waals surface area contributed by atoms with E-state index in [2.05, 4.69) is 38.1 Å². The van der Waals surface area contributed by atoms with Crippen molar-refractivity contribution in [2.75, 3.05) is 16.9 Å². The number of nitrogens with two attached hydrogens (primary N) is 1. The summed E-state index contributed by atoms with van der Waals surface area (Å²) in [5.41, 5.74) is 0.972. The number of carbonyl (C=O) groups is 1. The highest BCUT2D eigenvalue weighted by molar-refractivity contribution is 14.1. The maximum atomic E-state index is 13.8. The molecule has 128 valence electrons. The summed E-state index contributed by atoms with van der Waals surface area (Å²) in [5, 5.41) is 11.0. The van der Waals surface area contributed by atoms with Gasteiger partial charge in [0.15, 0.2) is 5.82 Å². The van der Waals surface area contributed by atoms with E-state index in [0.29, 0.717) is 10.8 Å². The number of hydrogen-bond acceptors (Lipinski definition) is 5. The van der Waals surface area contributed by atoms with Crippen molar-refractivity contribution < 1.29 is 9.18 Å². The molecule has 25 heavy (non-hydrogen) atoms. The van der Waals surface area contributed by atoms with Crippen LogP contribution in [0.2, 0.25) is 0 Å². The Balaban J connectivity index is 1.65. The van der Waals surface area contributed by atoms with Gasteiger partial charge < -0.3 is 11.2 Å². The number of rotatable bonds is 5. The van der Waals surface area contributed by atoms with Gasteiger partial charge in [0, 0.05) is 9.26 Å². The molecule has 3 N–H and O–H groups in total. The van der Waals surface area contributed by atoms with Crippen LogP contribution >= 0.6 is 34.4 Å². The lowest BCUT2D eigenvalue weighted by Crippen LogP contribution is -2.16. The van der Waals surface area contributed by atoms with Crippen LogP contribution in [0.5, 0.6) is 0 Å². The number of thioether (sulfide) groups is 1. The SMILES string of the molecule is Nn1c(SCC(=O)Nc2ccc(I)cc2)nnc1-c1ccccc1F. The normalized spacial score (nSPS) is 10.6. The van der Waals surface area contributed by atoms with Crippen molar-refractivity contribution in [1.29, 1.82) is 0 Å². The second kappa shape index (κ2) is 7.83. The highest BCUT2D eigenvalue weighted by Crippen LogP contribution is 2.23. The number of carbonyl (C=O) groups excluding carboxylic acids is 1. The number of halogens is 2. The molecule has 1 heterocycles. The molecule has 1 aromatic heterocycles. The summed E-state index contributed by atoms with van der Waals surface area (Å²) >= 11 is 3.32. The third kappa shape index (κ3) is 4.28. The van der Waals surface area contributed by atoms with E-state index in [4.69, 9.17) is 5.84 Å². The highest BCUT2D eigenvalue weighted by atomic mass is 127. The molecule has 1 amide bonds. The van der Waals surface area contributed by atoms with Crippen LogP contribution in [-0.2, 0) is 4.79 Å². The Hall–Kier alpha value is -2.14. The maximum Gasteiger partial charge on any atom is 0.234 e. The van der Waals surface area contributed by atoms with Crippen LogP contribution in [0.3, 0.4) is 0 Å². The van der Waals surface area contributed by atoms with Crippen molar-refractivity contribution >= 4 is 45.9 Å². The van der Waals surface area contributed by atoms with Gasteiger partial charge in [0.05, 0.1) is 11.3 Å². The molecule has 0 aliphatic heterocycles. The van der Waals surface area contributed by atoms with Gasteiger partial charge in [-0.2, -0.15) is 0 Å². The third-order valence-electron chi connectivity index (χ3n) is 3.24. The van der Waals surface area contributed by atoms with Crippen LogP contribution in [0.25, 0.3) is 11.4 Å². The van der Waals surface area contributed by atoms with Crippen molar-refractivity contribution in [3.8, 4) is 11.4 Å².